The number of alkyl halides is 1. The normalized spacial score (nSPS) is 27.1. The van der Waals surface area contributed by atoms with Crippen LogP contribution in [0.2, 0.25) is 0 Å². The Morgan fingerprint density at radius 2 is 2.50 bits per heavy atom. The second-order valence-corrected chi connectivity index (χ2v) is 2.67. The summed E-state index contributed by atoms with van der Waals surface area (Å²) in [6.45, 7) is 0.820. The van der Waals surface area contributed by atoms with Crippen LogP contribution < -0.4 is 0 Å². The first kappa shape index (κ1) is 7.82. The SMILES string of the molecule is O=C(O)C1CCCN1CCl. The number of carboxylic acids is 1. The molecule has 58 valence electrons. The van der Waals surface area contributed by atoms with Crippen molar-refractivity contribution in [2.45, 2.75) is 18.9 Å². The van der Waals surface area contributed by atoms with Crippen LogP contribution in [0.3, 0.4) is 0 Å². The molecule has 4 heteroatoms. The van der Waals surface area contributed by atoms with Gasteiger partial charge in [-0.2, -0.15) is 0 Å². The summed E-state index contributed by atoms with van der Waals surface area (Å²) >= 11 is 5.51. The molecule has 0 saturated carbocycles. The van der Waals surface area contributed by atoms with Crippen molar-refractivity contribution < 1.29 is 9.90 Å². The molecule has 3 nitrogen and oxygen atoms in total. The van der Waals surface area contributed by atoms with Gasteiger partial charge in [0.1, 0.15) is 6.04 Å². The van der Waals surface area contributed by atoms with Crippen molar-refractivity contribution in [1.82, 2.24) is 4.90 Å². The summed E-state index contributed by atoms with van der Waals surface area (Å²) in [5.41, 5.74) is 0. The van der Waals surface area contributed by atoms with E-state index in [4.69, 9.17) is 16.7 Å². The van der Waals surface area contributed by atoms with Crippen LogP contribution in [-0.2, 0) is 4.79 Å². The highest BCUT2D eigenvalue weighted by Gasteiger charge is 2.29. The van der Waals surface area contributed by atoms with E-state index in [1.807, 2.05) is 0 Å². The van der Waals surface area contributed by atoms with Gasteiger partial charge in [-0.15, -0.1) is 11.6 Å². The van der Waals surface area contributed by atoms with Crippen LogP contribution in [-0.4, -0.2) is 34.6 Å². The zero-order chi connectivity index (χ0) is 7.56. The number of hydrogen-bond acceptors (Lipinski definition) is 2. The standard InChI is InChI=1S/C6H10ClNO2/c7-4-8-3-1-2-5(8)6(9)10/h5H,1-4H2,(H,9,10). The van der Waals surface area contributed by atoms with Gasteiger partial charge in [0.05, 0.1) is 6.00 Å². The van der Waals surface area contributed by atoms with Crippen LogP contribution in [0.1, 0.15) is 12.8 Å². The molecule has 1 N–H and O–H groups in total. The van der Waals surface area contributed by atoms with Crippen molar-refractivity contribution in [2.75, 3.05) is 12.5 Å². The Morgan fingerprint density at radius 1 is 1.80 bits per heavy atom. The molecule has 0 bridgehead atoms. The highest BCUT2D eigenvalue weighted by atomic mass is 35.5. The van der Waals surface area contributed by atoms with Gasteiger partial charge < -0.3 is 5.11 Å². The average Bonchev–Trinajstić information content (AvgIpc) is 2.33. The van der Waals surface area contributed by atoms with E-state index in [-0.39, 0.29) is 6.04 Å². The Labute approximate surface area is 64.6 Å². The van der Waals surface area contributed by atoms with Gasteiger partial charge in [-0.05, 0) is 12.8 Å². The van der Waals surface area contributed by atoms with Crippen molar-refractivity contribution in [3.8, 4) is 0 Å². The molecule has 1 rings (SSSR count). The molecule has 1 unspecified atom stereocenters. The summed E-state index contributed by atoms with van der Waals surface area (Å²) in [6, 6.07) is -0.00532. The summed E-state index contributed by atoms with van der Waals surface area (Å²) in [5.74, 6) is -0.752. The Morgan fingerprint density at radius 3 is 2.90 bits per heavy atom. The molecule has 1 aliphatic rings. The number of halogens is 1. The van der Waals surface area contributed by atoms with E-state index in [9.17, 15) is 4.79 Å². The first-order valence-corrected chi connectivity index (χ1v) is 3.82. The highest BCUT2D eigenvalue weighted by Crippen LogP contribution is 2.17. The van der Waals surface area contributed by atoms with Crippen molar-refractivity contribution in [2.24, 2.45) is 0 Å². The van der Waals surface area contributed by atoms with Crippen molar-refractivity contribution >= 4 is 17.6 Å². The number of carboxylic acid groups (broad SMARTS) is 1. The third-order valence-electron chi connectivity index (χ3n) is 1.80. The largest absolute Gasteiger partial charge is 0.480 e. The molecule has 0 amide bonds. The summed E-state index contributed by atoms with van der Waals surface area (Å²) in [5, 5.41) is 8.61. The maximum Gasteiger partial charge on any atom is 0.320 e. The van der Waals surface area contributed by atoms with Gasteiger partial charge >= 0.3 is 5.97 Å². The summed E-state index contributed by atoms with van der Waals surface area (Å²) in [6.07, 6.45) is 1.69. The molecular formula is C6H10ClNO2. The number of likely N-dealkylation sites (tertiary alicyclic amines) is 1. The number of hydrogen-bond donors (Lipinski definition) is 1. The zero-order valence-corrected chi connectivity index (χ0v) is 6.34. The molecule has 1 fully saturated rings. The lowest BCUT2D eigenvalue weighted by atomic mass is 10.2. The molecule has 0 spiro atoms. The van der Waals surface area contributed by atoms with Gasteiger partial charge in [0.2, 0.25) is 0 Å². The van der Waals surface area contributed by atoms with Gasteiger partial charge in [-0.1, -0.05) is 0 Å². The highest BCUT2D eigenvalue weighted by molar-refractivity contribution is 6.17. The second kappa shape index (κ2) is 3.21. The molecule has 0 aromatic rings. The van der Waals surface area contributed by atoms with E-state index in [2.05, 4.69) is 0 Å². The van der Waals surface area contributed by atoms with E-state index < -0.39 is 5.97 Å². The van der Waals surface area contributed by atoms with E-state index in [1.165, 1.54) is 0 Å². The minimum Gasteiger partial charge on any atom is -0.480 e. The van der Waals surface area contributed by atoms with E-state index in [0.29, 0.717) is 6.00 Å². The average molecular weight is 164 g/mol. The number of rotatable bonds is 2. The van der Waals surface area contributed by atoms with Gasteiger partial charge in [0.25, 0.3) is 0 Å². The van der Waals surface area contributed by atoms with Crippen molar-refractivity contribution in [1.29, 1.82) is 0 Å². The second-order valence-electron chi connectivity index (χ2n) is 2.43. The quantitative estimate of drug-likeness (QED) is 0.482. The number of nitrogens with zero attached hydrogens (tertiary/aromatic N) is 1. The van der Waals surface area contributed by atoms with Gasteiger partial charge in [-0.25, -0.2) is 0 Å². The van der Waals surface area contributed by atoms with Crippen molar-refractivity contribution in [3.05, 3.63) is 0 Å². The molecule has 0 aliphatic carbocycles. The number of aliphatic carboxylic acids is 1. The molecule has 10 heavy (non-hydrogen) atoms. The fourth-order valence-electron chi connectivity index (χ4n) is 1.25. The van der Waals surface area contributed by atoms with Crippen LogP contribution in [0, 0.1) is 0 Å². The molecular weight excluding hydrogens is 154 g/mol. The van der Waals surface area contributed by atoms with Crippen LogP contribution in [0.25, 0.3) is 0 Å². The first-order chi connectivity index (χ1) is 4.75. The third kappa shape index (κ3) is 1.41. The van der Waals surface area contributed by atoms with Gasteiger partial charge in [0, 0.05) is 6.54 Å². The minimum atomic E-state index is -0.752. The maximum absolute atomic E-state index is 10.5. The topological polar surface area (TPSA) is 40.5 Å². The molecule has 1 atom stereocenters. The lowest BCUT2D eigenvalue weighted by Crippen LogP contribution is -2.34. The zero-order valence-electron chi connectivity index (χ0n) is 5.59. The van der Waals surface area contributed by atoms with Crippen LogP contribution in [0.15, 0.2) is 0 Å². The van der Waals surface area contributed by atoms with Gasteiger partial charge in [0.15, 0.2) is 0 Å². The predicted octanol–water partition coefficient (Wildman–Crippen LogP) is 0.732. The maximum atomic E-state index is 10.5. The van der Waals surface area contributed by atoms with Crippen molar-refractivity contribution in [3.63, 3.8) is 0 Å². The minimum absolute atomic E-state index is 0.330. The molecule has 0 aromatic heterocycles. The Bertz CT molecular complexity index is 140. The van der Waals surface area contributed by atoms with Crippen LogP contribution in [0.5, 0.6) is 0 Å². The summed E-state index contributed by atoms with van der Waals surface area (Å²) in [7, 11) is 0. The Hall–Kier alpha value is -0.280. The van der Waals surface area contributed by atoms with E-state index >= 15 is 0 Å². The van der Waals surface area contributed by atoms with Crippen LogP contribution in [0.4, 0.5) is 0 Å². The molecule has 1 aliphatic heterocycles. The fourth-order valence-corrected chi connectivity index (χ4v) is 1.53. The third-order valence-corrected chi connectivity index (χ3v) is 2.11. The predicted molar refractivity (Wildman–Crippen MR) is 38.1 cm³/mol. The lowest BCUT2D eigenvalue weighted by molar-refractivity contribution is -0.141. The Balaban J connectivity index is 2.50. The summed E-state index contributed by atoms with van der Waals surface area (Å²) < 4.78 is 0. The van der Waals surface area contributed by atoms with E-state index in [1.54, 1.807) is 4.90 Å². The van der Waals surface area contributed by atoms with Crippen LogP contribution >= 0.6 is 11.6 Å². The fraction of sp³-hybridized carbons (Fsp3) is 0.833. The number of carbonyl (C=O) groups is 1. The smallest absolute Gasteiger partial charge is 0.320 e. The molecule has 1 saturated heterocycles. The monoisotopic (exact) mass is 163 g/mol. The molecule has 1 heterocycles. The molecule has 0 aromatic carbocycles. The van der Waals surface area contributed by atoms with Gasteiger partial charge in [-0.3, -0.25) is 9.69 Å². The lowest BCUT2D eigenvalue weighted by Gasteiger charge is -2.16. The first-order valence-electron chi connectivity index (χ1n) is 3.28. The molecule has 0 radical (unpaired) electrons. The van der Waals surface area contributed by atoms with E-state index in [0.717, 1.165) is 19.4 Å². The summed E-state index contributed by atoms with van der Waals surface area (Å²) in [4.78, 5) is 12.2. The Kier molecular flexibility index (Phi) is 2.51.